The predicted molar refractivity (Wildman–Crippen MR) is 69.7 cm³/mol. The molecule has 0 spiro atoms. The van der Waals surface area contributed by atoms with Gasteiger partial charge in [-0.25, -0.2) is 0 Å². The lowest BCUT2D eigenvalue weighted by Gasteiger charge is -2.25. The van der Waals surface area contributed by atoms with Crippen LogP contribution in [-0.2, 0) is 4.74 Å². The monoisotopic (exact) mass is 227 g/mol. The molecule has 0 aliphatic heterocycles. The van der Waals surface area contributed by atoms with Gasteiger partial charge in [-0.15, -0.1) is 0 Å². The first-order valence-corrected chi connectivity index (χ1v) is 7.12. The van der Waals surface area contributed by atoms with Crippen molar-refractivity contribution in [2.24, 2.45) is 5.92 Å². The number of rotatable bonds is 8. The van der Waals surface area contributed by atoms with E-state index in [-0.39, 0.29) is 0 Å². The third-order valence-corrected chi connectivity index (χ3v) is 3.80. The Morgan fingerprint density at radius 3 is 2.50 bits per heavy atom. The molecule has 1 fully saturated rings. The summed E-state index contributed by atoms with van der Waals surface area (Å²) in [5, 5.41) is 3.62. The smallest absolute Gasteiger partial charge is 0.0625 e. The van der Waals surface area contributed by atoms with Crippen LogP contribution >= 0.6 is 0 Å². The molecule has 0 saturated heterocycles. The van der Waals surface area contributed by atoms with E-state index in [0.29, 0.717) is 18.1 Å². The Hall–Kier alpha value is -0.0800. The molecule has 0 aromatic carbocycles. The van der Waals surface area contributed by atoms with Crippen molar-refractivity contribution in [2.75, 3.05) is 13.2 Å². The quantitative estimate of drug-likeness (QED) is 0.686. The Labute approximate surface area is 101 Å². The lowest BCUT2D eigenvalue weighted by molar-refractivity contribution is 0.0327. The Bertz CT molecular complexity index is 166. The van der Waals surface area contributed by atoms with Gasteiger partial charge in [-0.1, -0.05) is 40.0 Å². The maximum Gasteiger partial charge on any atom is 0.0625 e. The molecule has 0 aromatic rings. The first kappa shape index (κ1) is 14.0. The molecule has 2 nitrogen and oxygen atoms in total. The lowest BCUT2D eigenvalue weighted by atomic mass is 10.00. The van der Waals surface area contributed by atoms with E-state index in [4.69, 9.17) is 4.74 Å². The van der Waals surface area contributed by atoms with Crippen molar-refractivity contribution in [1.29, 1.82) is 0 Å². The maximum atomic E-state index is 6.02. The normalized spacial score (nSPS) is 21.2. The van der Waals surface area contributed by atoms with E-state index in [0.717, 1.165) is 13.2 Å². The van der Waals surface area contributed by atoms with E-state index < -0.39 is 0 Å². The minimum atomic E-state index is 0.547. The highest BCUT2D eigenvalue weighted by molar-refractivity contribution is 4.74. The van der Waals surface area contributed by atoms with Crippen molar-refractivity contribution >= 4 is 0 Å². The molecule has 1 N–H and O–H groups in total. The average molecular weight is 227 g/mol. The molecule has 2 heteroatoms. The van der Waals surface area contributed by atoms with Gasteiger partial charge in [-0.2, -0.15) is 0 Å². The molecular formula is C14H29NO. The van der Waals surface area contributed by atoms with Gasteiger partial charge >= 0.3 is 0 Å². The molecule has 16 heavy (non-hydrogen) atoms. The number of ether oxygens (including phenoxy) is 1. The maximum absolute atomic E-state index is 6.02. The van der Waals surface area contributed by atoms with Crippen LogP contribution in [0, 0.1) is 5.92 Å². The van der Waals surface area contributed by atoms with Crippen molar-refractivity contribution in [1.82, 2.24) is 5.32 Å². The van der Waals surface area contributed by atoms with E-state index in [1.54, 1.807) is 0 Å². The average Bonchev–Trinajstić information content (AvgIpc) is 2.81. The van der Waals surface area contributed by atoms with E-state index >= 15 is 0 Å². The van der Waals surface area contributed by atoms with Gasteiger partial charge in [0.15, 0.2) is 0 Å². The van der Waals surface area contributed by atoms with E-state index in [2.05, 4.69) is 26.1 Å². The molecule has 0 heterocycles. The van der Waals surface area contributed by atoms with Crippen molar-refractivity contribution in [3.63, 3.8) is 0 Å². The van der Waals surface area contributed by atoms with Gasteiger partial charge in [0.1, 0.15) is 0 Å². The molecule has 0 bridgehead atoms. The molecular weight excluding hydrogens is 198 g/mol. The molecule has 0 aromatic heterocycles. The van der Waals surface area contributed by atoms with Crippen molar-refractivity contribution in [2.45, 2.75) is 71.4 Å². The standard InChI is InChI=1S/C14H29NO/c1-4-10-15-14(12(3)5-2)11-16-13-8-6-7-9-13/h12-15H,4-11H2,1-3H3. The van der Waals surface area contributed by atoms with Crippen molar-refractivity contribution in [3.8, 4) is 0 Å². The zero-order valence-corrected chi connectivity index (χ0v) is 11.3. The second-order valence-electron chi connectivity index (χ2n) is 5.19. The molecule has 0 radical (unpaired) electrons. The Balaban J connectivity index is 2.24. The van der Waals surface area contributed by atoms with Crippen LogP contribution in [0.3, 0.4) is 0 Å². The summed E-state index contributed by atoms with van der Waals surface area (Å²) in [6.07, 6.45) is 8.27. The number of hydrogen-bond acceptors (Lipinski definition) is 2. The first-order chi connectivity index (χ1) is 7.77. The zero-order chi connectivity index (χ0) is 11.8. The third-order valence-electron chi connectivity index (χ3n) is 3.80. The van der Waals surface area contributed by atoms with E-state index in [1.807, 2.05) is 0 Å². The van der Waals surface area contributed by atoms with Gasteiger partial charge in [-0.3, -0.25) is 0 Å². The van der Waals surface area contributed by atoms with Crippen LogP contribution in [0.4, 0.5) is 0 Å². The van der Waals surface area contributed by atoms with Gasteiger partial charge in [0.2, 0.25) is 0 Å². The summed E-state index contributed by atoms with van der Waals surface area (Å²) in [5.41, 5.74) is 0. The Morgan fingerprint density at radius 1 is 1.25 bits per heavy atom. The van der Waals surface area contributed by atoms with Crippen molar-refractivity contribution in [3.05, 3.63) is 0 Å². The lowest BCUT2D eigenvalue weighted by Crippen LogP contribution is -2.40. The highest BCUT2D eigenvalue weighted by atomic mass is 16.5. The number of hydrogen-bond donors (Lipinski definition) is 1. The second kappa shape index (κ2) is 8.08. The van der Waals surface area contributed by atoms with Crippen molar-refractivity contribution < 1.29 is 4.74 Å². The first-order valence-electron chi connectivity index (χ1n) is 7.12. The molecule has 0 amide bonds. The number of nitrogens with one attached hydrogen (secondary N) is 1. The minimum Gasteiger partial charge on any atom is -0.377 e. The summed E-state index contributed by atoms with van der Waals surface area (Å²) in [6, 6.07) is 0.547. The molecule has 96 valence electrons. The van der Waals surface area contributed by atoms with Crippen LogP contribution in [0.1, 0.15) is 59.3 Å². The van der Waals surface area contributed by atoms with E-state index in [1.165, 1.54) is 38.5 Å². The summed E-state index contributed by atoms with van der Waals surface area (Å²) < 4.78 is 6.02. The summed E-state index contributed by atoms with van der Waals surface area (Å²) in [4.78, 5) is 0. The van der Waals surface area contributed by atoms with Crippen LogP contribution in [0.15, 0.2) is 0 Å². The fourth-order valence-corrected chi connectivity index (χ4v) is 2.33. The summed E-state index contributed by atoms with van der Waals surface area (Å²) >= 11 is 0. The van der Waals surface area contributed by atoms with Crippen LogP contribution in [0.25, 0.3) is 0 Å². The minimum absolute atomic E-state index is 0.547. The molecule has 1 rings (SSSR count). The van der Waals surface area contributed by atoms with Gasteiger partial charge in [0, 0.05) is 6.04 Å². The summed E-state index contributed by atoms with van der Waals surface area (Å²) in [6.45, 7) is 8.83. The largest absolute Gasteiger partial charge is 0.377 e. The van der Waals surface area contributed by atoms with Crippen LogP contribution in [-0.4, -0.2) is 25.3 Å². The predicted octanol–water partition coefficient (Wildman–Crippen LogP) is 3.36. The van der Waals surface area contributed by atoms with Crippen LogP contribution in [0.5, 0.6) is 0 Å². The summed E-state index contributed by atoms with van der Waals surface area (Å²) in [7, 11) is 0. The molecule has 1 aliphatic carbocycles. The van der Waals surface area contributed by atoms with Crippen LogP contribution < -0.4 is 5.32 Å². The zero-order valence-electron chi connectivity index (χ0n) is 11.3. The van der Waals surface area contributed by atoms with E-state index in [9.17, 15) is 0 Å². The summed E-state index contributed by atoms with van der Waals surface area (Å²) in [5.74, 6) is 0.716. The fraction of sp³-hybridized carbons (Fsp3) is 1.00. The fourth-order valence-electron chi connectivity index (χ4n) is 2.33. The third kappa shape index (κ3) is 4.84. The second-order valence-corrected chi connectivity index (χ2v) is 5.19. The molecule has 1 aliphatic rings. The highest BCUT2D eigenvalue weighted by Crippen LogP contribution is 2.21. The van der Waals surface area contributed by atoms with Gasteiger partial charge in [0.25, 0.3) is 0 Å². The Kier molecular flexibility index (Phi) is 7.06. The highest BCUT2D eigenvalue weighted by Gasteiger charge is 2.20. The topological polar surface area (TPSA) is 21.3 Å². The molecule has 2 atom stereocenters. The molecule has 1 saturated carbocycles. The molecule has 2 unspecified atom stereocenters. The SMILES string of the molecule is CCCNC(COC1CCCC1)C(C)CC. The Morgan fingerprint density at radius 2 is 1.94 bits per heavy atom. The van der Waals surface area contributed by atoms with Gasteiger partial charge in [-0.05, 0) is 31.7 Å². The van der Waals surface area contributed by atoms with Gasteiger partial charge < -0.3 is 10.1 Å². The van der Waals surface area contributed by atoms with Crippen LogP contribution in [0.2, 0.25) is 0 Å². The van der Waals surface area contributed by atoms with Gasteiger partial charge in [0.05, 0.1) is 12.7 Å².